The van der Waals surface area contributed by atoms with E-state index in [0.717, 1.165) is 0 Å². The van der Waals surface area contributed by atoms with Gasteiger partial charge < -0.3 is 14.4 Å². The molecular weight excluding hydrogens is 237 g/mol. The second kappa shape index (κ2) is 5.18. The van der Waals surface area contributed by atoms with E-state index >= 15 is 0 Å². The molecule has 0 radical (unpaired) electrons. The molecule has 1 aromatic carbocycles. The van der Waals surface area contributed by atoms with Gasteiger partial charge >= 0.3 is 0 Å². The summed E-state index contributed by atoms with van der Waals surface area (Å²) in [5.41, 5.74) is 0.472. The maximum atomic E-state index is 13.0. The van der Waals surface area contributed by atoms with E-state index in [2.05, 4.69) is 0 Å². The van der Waals surface area contributed by atoms with Gasteiger partial charge in [-0.15, -0.1) is 0 Å². The lowest BCUT2D eigenvalue weighted by molar-refractivity contribution is 0.0702. The van der Waals surface area contributed by atoms with Gasteiger partial charge in [-0.25, -0.2) is 4.39 Å². The maximum Gasteiger partial charge on any atom is 0.289 e. The lowest BCUT2D eigenvalue weighted by Crippen LogP contribution is -2.33. The summed E-state index contributed by atoms with van der Waals surface area (Å²) >= 11 is 0. The summed E-state index contributed by atoms with van der Waals surface area (Å²) in [5.74, 6) is -0.515. The summed E-state index contributed by atoms with van der Waals surface area (Å²) < 4.78 is 18.4. The Balaban J connectivity index is 2.32. The third kappa shape index (κ3) is 2.36. The molecule has 18 heavy (non-hydrogen) atoms. The highest BCUT2D eigenvalue weighted by molar-refractivity contribution is 5.96. The van der Waals surface area contributed by atoms with Gasteiger partial charge in [-0.3, -0.25) is 4.79 Å². The van der Waals surface area contributed by atoms with E-state index in [9.17, 15) is 9.18 Å². The minimum absolute atomic E-state index is 0.103. The van der Waals surface area contributed by atoms with Crippen LogP contribution in [0.5, 0.6) is 0 Å². The molecular formula is C13H14FNO3. The van der Waals surface area contributed by atoms with Crippen molar-refractivity contribution in [2.45, 2.75) is 6.92 Å². The van der Waals surface area contributed by atoms with Gasteiger partial charge in [0, 0.05) is 18.5 Å². The number of aliphatic hydroxyl groups is 1. The summed E-state index contributed by atoms with van der Waals surface area (Å²) in [6, 6.07) is 5.61. The van der Waals surface area contributed by atoms with Crippen LogP contribution >= 0.6 is 0 Å². The number of fused-ring (bicyclic) bond motifs is 1. The van der Waals surface area contributed by atoms with E-state index in [1.165, 1.54) is 29.2 Å². The molecule has 1 aromatic heterocycles. The van der Waals surface area contributed by atoms with Crippen molar-refractivity contribution in [3.8, 4) is 0 Å². The summed E-state index contributed by atoms with van der Waals surface area (Å²) in [4.78, 5) is 13.5. The van der Waals surface area contributed by atoms with Crippen molar-refractivity contribution in [2.24, 2.45) is 0 Å². The van der Waals surface area contributed by atoms with Crippen LogP contribution in [-0.4, -0.2) is 35.6 Å². The molecule has 0 saturated heterocycles. The first-order valence-corrected chi connectivity index (χ1v) is 5.75. The topological polar surface area (TPSA) is 53.7 Å². The molecule has 0 fully saturated rings. The number of furan rings is 1. The highest BCUT2D eigenvalue weighted by atomic mass is 19.1. The fourth-order valence-corrected chi connectivity index (χ4v) is 1.80. The van der Waals surface area contributed by atoms with E-state index < -0.39 is 0 Å². The molecule has 2 rings (SSSR count). The highest BCUT2D eigenvalue weighted by Gasteiger charge is 2.18. The normalized spacial score (nSPS) is 10.8. The van der Waals surface area contributed by atoms with E-state index in [0.29, 0.717) is 17.5 Å². The number of aliphatic hydroxyl groups excluding tert-OH is 1. The van der Waals surface area contributed by atoms with Crippen LogP contribution in [0, 0.1) is 5.82 Å². The van der Waals surface area contributed by atoms with Crippen LogP contribution in [-0.2, 0) is 0 Å². The molecule has 0 aliphatic heterocycles. The van der Waals surface area contributed by atoms with Crippen LogP contribution < -0.4 is 0 Å². The number of rotatable bonds is 4. The van der Waals surface area contributed by atoms with E-state index in [-0.39, 0.29) is 30.6 Å². The third-order valence-corrected chi connectivity index (χ3v) is 2.73. The molecule has 0 bridgehead atoms. The number of nitrogens with zero attached hydrogens (tertiary/aromatic N) is 1. The summed E-state index contributed by atoms with van der Waals surface area (Å²) in [7, 11) is 0. The standard InChI is InChI=1S/C13H14FNO3/c1-2-15(5-6-16)13(17)12-8-9-7-10(14)3-4-11(9)18-12/h3-4,7-8,16H,2,5-6H2,1H3. The first kappa shape index (κ1) is 12.6. The van der Waals surface area contributed by atoms with Crippen molar-refractivity contribution >= 4 is 16.9 Å². The molecule has 1 heterocycles. The molecule has 1 N–H and O–H groups in total. The number of benzene rings is 1. The van der Waals surface area contributed by atoms with Crippen LogP contribution in [0.3, 0.4) is 0 Å². The number of hydrogen-bond donors (Lipinski definition) is 1. The number of amides is 1. The van der Waals surface area contributed by atoms with Crippen LogP contribution in [0.2, 0.25) is 0 Å². The molecule has 0 aliphatic rings. The van der Waals surface area contributed by atoms with E-state index in [1.54, 1.807) is 0 Å². The highest BCUT2D eigenvalue weighted by Crippen LogP contribution is 2.21. The van der Waals surface area contributed by atoms with Gasteiger partial charge in [-0.2, -0.15) is 0 Å². The molecule has 96 valence electrons. The van der Waals surface area contributed by atoms with Crippen molar-refractivity contribution in [3.05, 3.63) is 35.8 Å². The molecule has 0 atom stereocenters. The zero-order chi connectivity index (χ0) is 13.1. The van der Waals surface area contributed by atoms with Gasteiger partial charge in [0.1, 0.15) is 11.4 Å². The van der Waals surface area contributed by atoms with Crippen molar-refractivity contribution in [1.82, 2.24) is 4.90 Å². The average Bonchev–Trinajstić information content (AvgIpc) is 2.77. The van der Waals surface area contributed by atoms with E-state index in [1.807, 2.05) is 6.92 Å². The van der Waals surface area contributed by atoms with Gasteiger partial charge in [-0.05, 0) is 31.2 Å². The second-order valence-electron chi connectivity index (χ2n) is 3.90. The Bertz CT molecular complexity index is 564. The molecule has 4 nitrogen and oxygen atoms in total. The Morgan fingerprint density at radius 1 is 1.44 bits per heavy atom. The van der Waals surface area contributed by atoms with Crippen molar-refractivity contribution in [1.29, 1.82) is 0 Å². The average molecular weight is 251 g/mol. The predicted molar refractivity (Wildman–Crippen MR) is 64.8 cm³/mol. The molecule has 0 aliphatic carbocycles. The first-order valence-electron chi connectivity index (χ1n) is 5.75. The molecule has 1 amide bonds. The summed E-state index contributed by atoms with van der Waals surface area (Å²) in [6.07, 6.45) is 0. The smallest absolute Gasteiger partial charge is 0.289 e. The number of carbonyl (C=O) groups is 1. The molecule has 0 spiro atoms. The van der Waals surface area contributed by atoms with Crippen LogP contribution in [0.15, 0.2) is 28.7 Å². The SMILES string of the molecule is CCN(CCO)C(=O)c1cc2cc(F)ccc2o1. The Labute approximate surface area is 104 Å². The first-order chi connectivity index (χ1) is 8.65. The van der Waals surface area contributed by atoms with Gasteiger partial charge in [0.25, 0.3) is 5.91 Å². The Kier molecular flexibility index (Phi) is 3.62. The summed E-state index contributed by atoms with van der Waals surface area (Å²) in [5, 5.41) is 9.42. The Morgan fingerprint density at radius 2 is 2.22 bits per heavy atom. The number of hydrogen-bond acceptors (Lipinski definition) is 3. The Hall–Kier alpha value is -1.88. The number of halogens is 1. The predicted octanol–water partition coefficient (Wildman–Crippen LogP) is 2.03. The minimum atomic E-state index is -0.370. The van der Waals surface area contributed by atoms with Crippen molar-refractivity contribution < 1.29 is 18.7 Å². The quantitative estimate of drug-likeness (QED) is 0.904. The fraction of sp³-hybridized carbons (Fsp3) is 0.308. The third-order valence-electron chi connectivity index (χ3n) is 2.73. The maximum absolute atomic E-state index is 13.0. The zero-order valence-corrected chi connectivity index (χ0v) is 10.0. The van der Waals surface area contributed by atoms with Gasteiger partial charge in [0.15, 0.2) is 5.76 Å². The molecule has 0 unspecified atom stereocenters. The summed E-state index contributed by atoms with van der Waals surface area (Å²) in [6.45, 7) is 2.44. The van der Waals surface area contributed by atoms with Crippen LogP contribution in [0.4, 0.5) is 4.39 Å². The van der Waals surface area contributed by atoms with Gasteiger partial charge in [-0.1, -0.05) is 0 Å². The van der Waals surface area contributed by atoms with Crippen molar-refractivity contribution in [3.63, 3.8) is 0 Å². The molecule has 5 heteroatoms. The minimum Gasteiger partial charge on any atom is -0.451 e. The lowest BCUT2D eigenvalue weighted by Gasteiger charge is -2.17. The largest absolute Gasteiger partial charge is 0.451 e. The molecule has 2 aromatic rings. The number of carbonyl (C=O) groups excluding carboxylic acids is 1. The zero-order valence-electron chi connectivity index (χ0n) is 10.0. The van der Waals surface area contributed by atoms with Gasteiger partial charge in [0.05, 0.1) is 6.61 Å². The van der Waals surface area contributed by atoms with E-state index in [4.69, 9.17) is 9.52 Å². The monoisotopic (exact) mass is 251 g/mol. The van der Waals surface area contributed by atoms with Crippen LogP contribution in [0.25, 0.3) is 11.0 Å². The molecule has 0 saturated carbocycles. The van der Waals surface area contributed by atoms with Crippen molar-refractivity contribution in [2.75, 3.05) is 19.7 Å². The van der Waals surface area contributed by atoms with Gasteiger partial charge in [0.2, 0.25) is 0 Å². The lowest BCUT2D eigenvalue weighted by atomic mass is 10.2. The number of likely N-dealkylation sites (N-methyl/N-ethyl adjacent to an activating group) is 1. The fourth-order valence-electron chi connectivity index (χ4n) is 1.80. The second-order valence-corrected chi connectivity index (χ2v) is 3.90. The van der Waals surface area contributed by atoms with Crippen LogP contribution in [0.1, 0.15) is 17.5 Å². The Morgan fingerprint density at radius 3 is 2.89 bits per heavy atom.